The topological polar surface area (TPSA) is 50.4 Å². The highest BCUT2D eigenvalue weighted by molar-refractivity contribution is 9.10. The third-order valence-corrected chi connectivity index (χ3v) is 5.32. The van der Waals surface area contributed by atoms with Gasteiger partial charge in [-0.2, -0.15) is 0 Å². The van der Waals surface area contributed by atoms with Crippen LogP contribution in [0.5, 0.6) is 5.75 Å². The van der Waals surface area contributed by atoms with Gasteiger partial charge in [0, 0.05) is 22.3 Å². The van der Waals surface area contributed by atoms with E-state index < -0.39 is 0 Å². The maximum Gasteiger partial charge on any atom is 0.262 e. The molecule has 0 aliphatic carbocycles. The van der Waals surface area contributed by atoms with Crippen molar-refractivity contribution in [1.29, 1.82) is 0 Å². The summed E-state index contributed by atoms with van der Waals surface area (Å²) in [6.07, 6.45) is 0. The van der Waals surface area contributed by atoms with Gasteiger partial charge in [-0.1, -0.05) is 40.9 Å². The van der Waals surface area contributed by atoms with E-state index in [2.05, 4.69) is 26.6 Å². The molecule has 150 valence electrons. The molecular weight excluding hydrogens is 499 g/mol. The Morgan fingerprint density at radius 2 is 1.66 bits per heavy atom. The summed E-state index contributed by atoms with van der Waals surface area (Å²) in [5.74, 6) is 0.312. The number of hydrogen-bond donors (Lipinski definition) is 2. The van der Waals surface area contributed by atoms with Crippen LogP contribution in [0.25, 0.3) is 0 Å². The molecule has 0 aliphatic rings. The first-order chi connectivity index (χ1) is 13.9. The van der Waals surface area contributed by atoms with Crippen molar-refractivity contribution in [1.82, 2.24) is 0 Å². The van der Waals surface area contributed by atoms with E-state index in [1.165, 1.54) is 0 Å². The molecule has 0 unspecified atom stereocenters. The predicted molar refractivity (Wildman–Crippen MR) is 124 cm³/mol. The average Bonchev–Trinajstić information content (AvgIpc) is 2.68. The Hall–Kier alpha value is -1.92. The Kier molecular flexibility index (Phi) is 7.67. The monoisotopic (exact) mass is 512 g/mol. The SMILES string of the molecule is O=C(COc1ccc(CNc2ccc(Cl)cc2Cl)cc1Br)Nc1ccc(Cl)cc1. The van der Waals surface area contributed by atoms with E-state index in [1.807, 2.05) is 18.2 Å². The van der Waals surface area contributed by atoms with Crippen LogP contribution in [0.4, 0.5) is 11.4 Å². The Morgan fingerprint density at radius 3 is 2.34 bits per heavy atom. The van der Waals surface area contributed by atoms with E-state index >= 15 is 0 Å². The quantitative estimate of drug-likeness (QED) is 0.356. The summed E-state index contributed by atoms with van der Waals surface area (Å²) in [7, 11) is 0. The van der Waals surface area contributed by atoms with Gasteiger partial charge in [0.05, 0.1) is 15.2 Å². The lowest BCUT2D eigenvalue weighted by Gasteiger charge is -2.12. The van der Waals surface area contributed by atoms with Crippen LogP contribution in [0.2, 0.25) is 15.1 Å². The van der Waals surface area contributed by atoms with Gasteiger partial charge in [0.15, 0.2) is 6.61 Å². The van der Waals surface area contributed by atoms with E-state index in [1.54, 1.807) is 42.5 Å². The molecule has 0 spiro atoms. The second kappa shape index (κ2) is 10.2. The summed E-state index contributed by atoms with van der Waals surface area (Å²) in [6, 6.07) is 17.8. The minimum Gasteiger partial charge on any atom is -0.483 e. The van der Waals surface area contributed by atoms with E-state index in [9.17, 15) is 4.79 Å². The number of carbonyl (C=O) groups is 1. The second-order valence-corrected chi connectivity index (χ2v) is 8.22. The van der Waals surface area contributed by atoms with Crippen molar-refractivity contribution in [3.05, 3.63) is 85.8 Å². The molecule has 0 bridgehead atoms. The summed E-state index contributed by atoms with van der Waals surface area (Å²) in [6.45, 7) is 0.455. The lowest BCUT2D eigenvalue weighted by molar-refractivity contribution is -0.118. The standard InChI is InChI=1S/C21H16BrCl3N2O2/c22-17-9-13(11-26-19-7-4-15(24)10-18(19)25)1-8-20(17)29-12-21(28)27-16-5-2-14(23)3-6-16/h1-10,26H,11-12H2,(H,27,28). The molecule has 29 heavy (non-hydrogen) atoms. The number of ether oxygens (including phenoxy) is 1. The predicted octanol–water partition coefficient (Wildman–Crippen LogP) is 7.04. The number of rotatable bonds is 7. The van der Waals surface area contributed by atoms with Crippen molar-refractivity contribution < 1.29 is 9.53 Å². The summed E-state index contributed by atoms with van der Waals surface area (Å²) in [5, 5.41) is 7.76. The Labute approximate surface area is 192 Å². The smallest absolute Gasteiger partial charge is 0.262 e. The fourth-order valence-corrected chi connectivity index (χ4v) is 3.62. The van der Waals surface area contributed by atoms with Crippen LogP contribution in [0.15, 0.2) is 65.1 Å². The average molecular weight is 515 g/mol. The number of halogens is 4. The van der Waals surface area contributed by atoms with Gasteiger partial charge in [-0.05, 0) is 76.1 Å². The highest BCUT2D eigenvalue weighted by atomic mass is 79.9. The number of benzene rings is 3. The van der Waals surface area contributed by atoms with Crippen LogP contribution in [-0.4, -0.2) is 12.5 Å². The first-order valence-corrected chi connectivity index (χ1v) is 10.5. The van der Waals surface area contributed by atoms with Crippen molar-refractivity contribution in [2.45, 2.75) is 6.54 Å². The van der Waals surface area contributed by atoms with Gasteiger partial charge in [0.1, 0.15) is 5.75 Å². The van der Waals surface area contributed by atoms with Gasteiger partial charge >= 0.3 is 0 Å². The molecule has 0 aromatic heterocycles. The molecule has 0 aliphatic heterocycles. The van der Waals surface area contributed by atoms with E-state index in [4.69, 9.17) is 39.5 Å². The molecule has 3 aromatic rings. The molecule has 0 saturated heterocycles. The summed E-state index contributed by atoms with van der Waals surface area (Å²) < 4.78 is 6.35. The highest BCUT2D eigenvalue weighted by Gasteiger charge is 2.08. The highest BCUT2D eigenvalue weighted by Crippen LogP contribution is 2.28. The van der Waals surface area contributed by atoms with E-state index in [-0.39, 0.29) is 12.5 Å². The number of hydrogen-bond acceptors (Lipinski definition) is 3. The molecule has 0 saturated carbocycles. The molecule has 0 radical (unpaired) electrons. The van der Waals surface area contributed by atoms with Crippen molar-refractivity contribution >= 4 is 68.0 Å². The minimum atomic E-state index is -0.262. The molecule has 3 rings (SSSR count). The van der Waals surface area contributed by atoms with Crippen molar-refractivity contribution in [3.63, 3.8) is 0 Å². The van der Waals surface area contributed by atoms with Crippen molar-refractivity contribution in [3.8, 4) is 5.75 Å². The lowest BCUT2D eigenvalue weighted by atomic mass is 10.2. The zero-order valence-corrected chi connectivity index (χ0v) is 18.9. The molecule has 8 heteroatoms. The van der Waals surface area contributed by atoms with Crippen LogP contribution >= 0.6 is 50.7 Å². The fraction of sp³-hybridized carbons (Fsp3) is 0.0952. The van der Waals surface area contributed by atoms with Gasteiger partial charge in [-0.25, -0.2) is 0 Å². The third kappa shape index (κ3) is 6.54. The van der Waals surface area contributed by atoms with Crippen LogP contribution in [0, 0.1) is 0 Å². The van der Waals surface area contributed by atoms with Gasteiger partial charge in [-0.3, -0.25) is 4.79 Å². The third-order valence-electron chi connectivity index (χ3n) is 3.90. The van der Waals surface area contributed by atoms with Crippen LogP contribution in [0.3, 0.4) is 0 Å². The first-order valence-electron chi connectivity index (χ1n) is 8.56. The van der Waals surface area contributed by atoms with Gasteiger partial charge in [0.2, 0.25) is 0 Å². The Morgan fingerprint density at radius 1 is 0.931 bits per heavy atom. The van der Waals surface area contributed by atoms with Gasteiger partial charge in [-0.15, -0.1) is 0 Å². The molecule has 4 nitrogen and oxygen atoms in total. The molecule has 0 heterocycles. The maximum absolute atomic E-state index is 12.0. The minimum absolute atomic E-state index is 0.112. The van der Waals surface area contributed by atoms with Crippen molar-refractivity contribution in [2.24, 2.45) is 0 Å². The number of nitrogens with one attached hydrogen (secondary N) is 2. The summed E-state index contributed by atoms with van der Waals surface area (Å²) in [4.78, 5) is 12.0. The molecular formula is C21H16BrCl3N2O2. The number of anilines is 2. The normalized spacial score (nSPS) is 10.5. The largest absolute Gasteiger partial charge is 0.483 e. The van der Waals surface area contributed by atoms with Crippen LogP contribution < -0.4 is 15.4 Å². The van der Waals surface area contributed by atoms with E-state index in [0.717, 1.165) is 15.7 Å². The number of amides is 1. The van der Waals surface area contributed by atoms with Crippen LogP contribution in [-0.2, 0) is 11.3 Å². The summed E-state index contributed by atoms with van der Waals surface area (Å²) >= 11 is 21.4. The molecule has 0 fully saturated rings. The number of carbonyl (C=O) groups excluding carboxylic acids is 1. The maximum atomic E-state index is 12.0. The fourth-order valence-electron chi connectivity index (χ4n) is 2.48. The van der Waals surface area contributed by atoms with Crippen molar-refractivity contribution in [2.75, 3.05) is 17.2 Å². The zero-order valence-electron chi connectivity index (χ0n) is 15.0. The first kappa shape index (κ1) is 21.8. The molecule has 3 aromatic carbocycles. The van der Waals surface area contributed by atoms with Gasteiger partial charge in [0.25, 0.3) is 5.91 Å². The summed E-state index contributed by atoms with van der Waals surface area (Å²) in [5.41, 5.74) is 2.47. The zero-order chi connectivity index (χ0) is 20.8. The molecule has 2 N–H and O–H groups in total. The van der Waals surface area contributed by atoms with Gasteiger partial charge < -0.3 is 15.4 Å². The Balaban J connectivity index is 1.53. The molecule has 1 amide bonds. The second-order valence-electron chi connectivity index (χ2n) is 6.09. The van der Waals surface area contributed by atoms with E-state index in [0.29, 0.717) is 33.0 Å². The molecule has 0 atom stereocenters. The lowest BCUT2D eigenvalue weighted by Crippen LogP contribution is -2.20. The van der Waals surface area contributed by atoms with Crippen LogP contribution in [0.1, 0.15) is 5.56 Å². The Bertz CT molecular complexity index is 1010.